The van der Waals surface area contributed by atoms with Crippen LogP contribution in [-0.4, -0.2) is 23.8 Å². The van der Waals surface area contributed by atoms with Gasteiger partial charge in [-0.3, -0.25) is 14.4 Å². The number of nitrogens with two attached hydrogens (primary N) is 1. The van der Waals surface area contributed by atoms with Gasteiger partial charge in [0.15, 0.2) is 0 Å². The first-order valence-electron chi connectivity index (χ1n) is 8.91. The van der Waals surface area contributed by atoms with Gasteiger partial charge in [-0.1, -0.05) is 49.6 Å². The molecule has 6 heteroatoms. The first-order valence-corrected chi connectivity index (χ1v) is 8.91. The van der Waals surface area contributed by atoms with Crippen LogP contribution in [0.2, 0.25) is 0 Å². The van der Waals surface area contributed by atoms with Crippen LogP contribution >= 0.6 is 0 Å². The van der Waals surface area contributed by atoms with E-state index in [9.17, 15) is 14.4 Å². The summed E-state index contributed by atoms with van der Waals surface area (Å²) in [6, 6.07) is 7.18. The minimum absolute atomic E-state index is 0.120. The highest BCUT2D eigenvalue weighted by Gasteiger charge is 2.25. The zero-order valence-electron chi connectivity index (χ0n) is 14.7. The fourth-order valence-electron chi connectivity index (χ4n) is 3.25. The van der Waals surface area contributed by atoms with Crippen LogP contribution in [0.4, 0.5) is 0 Å². The first-order chi connectivity index (χ1) is 12.0. The predicted molar refractivity (Wildman–Crippen MR) is 95.3 cm³/mol. The Kier molecular flexibility index (Phi) is 6.98. The van der Waals surface area contributed by atoms with Crippen LogP contribution in [-0.2, 0) is 14.4 Å². The Bertz CT molecular complexity index is 597. The minimum Gasteiger partial charge on any atom is -0.368 e. The summed E-state index contributed by atoms with van der Waals surface area (Å²) in [7, 11) is 0. The van der Waals surface area contributed by atoms with Gasteiger partial charge in [0.25, 0.3) is 0 Å². The number of primary amides is 1. The molecular weight excluding hydrogens is 318 g/mol. The summed E-state index contributed by atoms with van der Waals surface area (Å²) in [5.74, 6) is -0.776. The lowest BCUT2D eigenvalue weighted by molar-refractivity contribution is -0.131. The molecule has 0 aliphatic heterocycles. The molecule has 1 aromatic carbocycles. The van der Waals surface area contributed by atoms with Gasteiger partial charge in [-0.05, 0) is 31.2 Å². The van der Waals surface area contributed by atoms with Crippen molar-refractivity contribution in [2.24, 2.45) is 11.7 Å². The average molecular weight is 345 g/mol. The maximum absolute atomic E-state index is 12.3. The molecule has 1 aliphatic carbocycles. The number of hydrogen-bond donors (Lipinski definition) is 3. The highest BCUT2D eigenvalue weighted by Crippen LogP contribution is 2.26. The molecule has 0 radical (unpaired) electrons. The fourth-order valence-corrected chi connectivity index (χ4v) is 3.25. The number of carbonyl (C=O) groups excluding carboxylic acids is 3. The van der Waals surface area contributed by atoms with Crippen molar-refractivity contribution in [3.63, 3.8) is 0 Å². The summed E-state index contributed by atoms with van der Waals surface area (Å²) < 4.78 is 0. The number of benzene rings is 1. The van der Waals surface area contributed by atoms with Crippen molar-refractivity contribution in [1.29, 1.82) is 0 Å². The molecule has 136 valence electrons. The molecule has 0 spiro atoms. The summed E-state index contributed by atoms with van der Waals surface area (Å²) in [5.41, 5.74) is 6.02. The largest absolute Gasteiger partial charge is 0.368 e. The second kappa shape index (κ2) is 9.20. The van der Waals surface area contributed by atoms with E-state index in [0.717, 1.165) is 12.8 Å². The van der Waals surface area contributed by atoms with Gasteiger partial charge in [0.2, 0.25) is 17.7 Å². The lowest BCUT2D eigenvalue weighted by atomic mass is 9.87. The number of nitrogens with one attached hydrogen (secondary N) is 2. The lowest BCUT2D eigenvalue weighted by Crippen LogP contribution is -2.48. The smallest absolute Gasteiger partial charge is 0.244 e. The topological polar surface area (TPSA) is 101 Å². The predicted octanol–water partition coefficient (Wildman–Crippen LogP) is 1.80. The van der Waals surface area contributed by atoms with Gasteiger partial charge in [0, 0.05) is 6.42 Å². The molecule has 1 saturated carbocycles. The Morgan fingerprint density at radius 3 is 2.32 bits per heavy atom. The Balaban J connectivity index is 1.87. The molecule has 0 bridgehead atoms. The van der Waals surface area contributed by atoms with Crippen LogP contribution in [0.1, 0.15) is 57.1 Å². The molecule has 2 rings (SSSR count). The third kappa shape index (κ3) is 5.89. The highest BCUT2D eigenvalue weighted by atomic mass is 16.2. The van der Waals surface area contributed by atoms with Gasteiger partial charge >= 0.3 is 0 Å². The van der Waals surface area contributed by atoms with Crippen LogP contribution in [0.25, 0.3) is 0 Å². The van der Waals surface area contributed by atoms with Gasteiger partial charge < -0.3 is 16.4 Å². The third-order valence-corrected chi connectivity index (χ3v) is 4.67. The molecule has 1 fully saturated rings. The van der Waals surface area contributed by atoms with Gasteiger partial charge in [0.1, 0.15) is 12.1 Å². The van der Waals surface area contributed by atoms with Gasteiger partial charge in [-0.25, -0.2) is 0 Å². The molecule has 0 saturated heterocycles. The van der Waals surface area contributed by atoms with Crippen molar-refractivity contribution in [2.45, 2.75) is 57.5 Å². The minimum atomic E-state index is -0.911. The normalized spacial score (nSPS) is 17.3. The van der Waals surface area contributed by atoms with E-state index < -0.39 is 23.9 Å². The van der Waals surface area contributed by atoms with Crippen LogP contribution in [0.5, 0.6) is 0 Å². The number of amides is 3. The Labute approximate surface area is 148 Å². The second-order valence-corrected chi connectivity index (χ2v) is 6.75. The maximum atomic E-state index is 12.3. The zero-order valence-corrected chi connectivity index (χ0v) is 14.7. The van der Waals surface area contributed by atoms with Crippen molar-refractivity contribution in [2.75, 3.05) is 0 Å². The van der Waals surface area contributed by atoms with Crippen LogP contribution in [0, 0.1) is 5.92 Å². The van der Waals surface area contributed by atoms with Crippen molar-refractivity contribution >= 4 is 17.7 Å². The summed E-state index contributed by atoms with van der Waals surface area (Å²) >= 11 is 0. The number of carbonyl (C=O) groups is 3. The van der Waals surface area contributed by atoms with Gasteiger partial charge in [-0.2, -0.15) is 0 Å². The Hall–Kier alpha value is -2.37. The highest BCUT2D eigenvalue weighted by molar-refractivity contribution is 5.91. The molecule has 2 atom stereocenters. The number of hydrogen-bond acceptors (Lipinski definition) is 3. The Morgan fingerprint density at radius 1 is 1.08 bits per heavy atom. The van der Waals surface area contributed by atoms with Crippen molar-refractivity contribution in [3.8, 4) is 0 Å². The molecule has 1 aromatic rings. The molecule has 4 N–H and O–H groups in total. The van der Waals surface area contributed by atoms with Gasteiger partial charge in [-0.15, -0.1) is 0 Å². The van der Waals surface area contributed by atoms with Crippen LogP contribution in [0.3, 0.4) is 0 Å². The van der Waals surface area contributed by atoms with E-state index in [2.05, 4.69) is 10.6 Å². The summed E-state index contributed by atoms with van der Waals surface area (Å²) in [4.78, 5) is 36.1. The van der Waals surface area contributed by atoms with E-state index in [1.807, 2.05) is 6.07 Å². The Morgan fingerprint density at radius 2 is 1.72 bits per heavy atom. The van der Waals surface area contributed by atoms with E-state index in [0.29, 0.717) is 17.9 Å². The van der Waals surface area contributed by atoms with Crippen LogP contribution in [0.15, 0.2) is 30.3 Å². The molecule has 3 amide bonds. The van der Waals surface area contributed by atoms with E-state index in [-0.39, 0.29) is 5.91 Å². The van der Waals surface area contributed by atoms with Crippen molar-refractivity contribution in [3.05, 3.63) is 35.9 Å². The number of rotatable bonds is 7. The third-order valence-electron chi connectivity index (χ3n) is 4.67. The maximum Gasteiger partial charge on any atom is 0.244 e. The quantitative estimate of drug-likeness (QED) is 0.702. The summed E-state index contributed by atoms with van der Waals surface area (Å²) in [6.07, 6.45) is 6.19. The molecule has 0 aromatic heterocycles. The standard InChI is InChI=1S/C19H27N3O3/c1-13(21-16(23)12-14-8-4-2-5-9-14)19(25)22-17(18(20)24)15-10-6-3-7-11-15/h3,6-7,10-11,13-14,17H,2,4-5,8-9,12H2,1H3,(H2,20,24)(H,21,23)(H,22,25). The zero-order chi connectivity index (χ0) is 18.2. The van der Waals surface area contributed by atoms with Crippen molar-refractivity contribution in [1.82, 2.24) is 10.6 Å². The second-order valence-electron chi connectivity index (χ2n) is 6.75. The van der Waals surface area contributed by atoms with E-state index in [1.165, 1.54) is 19.3 Å². The SMILES string of the molecule is CC(NC(=O)CC1CCCCC1)C(=O)NC(C(N)=O)c1ccccc1. The summed E-state index contributed by atoms with van der Waals surface area (Å²) in [6.45, 7) is 1.61. The van der Waals surface area contributed by atoms with Gasteiger partial charge in [0.05, 0.1) is 0 Å². The van der Waals surface area contributed by atoms with E-state index >= 15 is 0 Å². The molecule has 2 unspecified atom stereocenters. The molecule has 0 heterocycles. The first kappa shape index (κ1) is 19.0. The van der Waals surface area contributed by atoms with Crippen molar-refractivity contribution < 1.29 is 14.4 Å². The van der Waals surface area contributed by atoms with Crippen LogP contribution < -0.4 is 16.4 Å². The average Bonchev–Trinajstić information content (AvgIpc) is 2.60. The summed E-state index contributed by atoms with van der Waals surface area (Å²) in [5, 5.41) is 5.33. The monoisotopic (exact) mass is 345 g/mol. The molecule has 1 aliphatic rings. The molecule has 25 heavy (non-hydrogen) atoms. The molecule has 6 nitrogen and oxygen atoms in total. The van der Waals surface area contributed by atoms with E-state index in [4.69, 9.17) is 5.73 Å². The fraction of sp³-hybridized carbons (Fsp3) is 0.526. The molecular formula is C19H27N3O3. The van der Waals surface area contributed by atoms with E-state index in [1.54, 1.807) is 31.2 Å². The lowest BCUT2D eigenvalue weighted by Gasteiger charge is -2.23.